The van der Waals surface area contributed by atoms with Crippen LogP contribution in [0.25, 0.3) is 0 Å². The first-order valence-electron chi connectivity index (χ1n) is 16.4. The lowest BCUT2D eigenvalue weighted by Crippen LogP contribution is -2.15. The van der Waals surface area contributed by atoms with Crippen LogP contribution in [0.1, 0.15) is 201 Å². The van der Waals surface area contributed by atoms with Gasteiger partial charge in [-0.2, -0.15) is 0 Å². The molecule has 34 heavy (non-hydrogen) atoms. The second-order valence-corrected chi connectivity index (χ2v) is 11.6. The first-order chi connectivity index (χ1) is 16.7. The normalized spacial score (nSPS) is 13.4. The van der Waals surface area contributed by atoms with E-state index in [0.717, 1.165) is 6.42 Å². The molecule has 0 amide bonds. The molecule has 1 N–H and O–H groups in total. The summed E-state index contributed by atoms with van der Waals surface area (Å²) in [4.78, 5) is 0. The van der Waals surface area contributed by atoms with Gasteiger partial charge in [-0.3, -0.25) is 0 Å². The fourth-order valence-corrected chi connectivity index (χ4v) is 5.38. The Bertz CT molecular complexity index is 352. The van der Waals surface area contributed by atoms with Crippen molar-refractivity contribution in [2.24, 2.45) is 5.92 Å². The van der Waals surface area contributed by atoms with Crippen LogP contribution in [0.5, 0.6) is 0 Å². The van der Waals surface area contributed by atoms with Crippen LogP contribution in [-0.2, 0) is 0 Å². The van der Waals surface area contributed by atoms with Gasteiger partial charge in [-0.15, -0.1) is 0 Å². The molecule has 0 aromatic heterocycles. The number of hydrogen-bond acceptors (Lipinski definition) is 1. The summed E-state index contributed by atoms with van der Waals surface area (Å²) in [6.45, 7) is 6.59. The van der Waals surface area contributed by atoms with Gasteiger partial charge in [0.25, 0.3) is 0 Å². The number of unbranched alkanes of at least 4 members (excludes halogenated alkanes) is 25. The van der Waals surface area contributed by atoms with E-state index in [0.29, 0.717) is 5.92 Å². The highest BCUT2D eigenvalue weighted by atomic mass is 16.3. The summed E-state index contributed by atoms with van der Waals surface area (Å²) in [6.07, 6.45) is 39.8. The van der Waals surface area contributed by atoms with Crippen molar-refractivity contribution in [2.45, 2.75) is 207 Å². The van der Waals surface area contributed by atoms with Crippen molar-refractivity contribution in [1.29, 1.82) is 0 Å². The van der Waals surface area contributed by atoms with Crippen LogP contribution < -0.4 is 0 Å². The van der Waals surface area contributed by atoms with E-state index >= 15 is 0 Å². The maximum atomic E-state index is 9.82. The molecule has 1 heteroatoms. The molecular formula is C33H68O. The molecule has 0 spiro atoms. The lowest BCUT2D eigenvalue weighted by atomic mass is 9.95. The number of aliphatic hydroxyl groups excluding tert-OH is 1. The van der Waals surface area contributed by atoms with Gasteiger partial charge in [-0.25, -0.2) is 0 Å². The summed E-state index contributed by atoms with van der Waals surface area (Å²) in [6, 6.07) is 0. The largest absolute Gasteiger partial charge is 0.393 e. The van der Waals surface area contributed by atoms with Crippen molar-refractivity contribution in [3.8, 4) is 0 Å². The maximum absolute atomic E-state index is 9.82. The predicted molar refractivity (Wildman–Crippen MR) is 156 cm³/mol. The average molecular weight is 481 g/mol. The molecule has 0 bridgehead atoms. The minimum absolute atomic E-state index is 0.0841. The molecule has 2 atom stereocenters. The van der Waals surface area contributed by atoms with Gasteiger partial charge in [0.1, 0.15) is 0 Å². The molecule has 206 valence electrons. The predicted octanol–water partition coefficient (Wildman–Crippen LogP) is 11.9. The summed E-state index contributed by atoms with van der Waals surface area (Å²) in [7, 11) is 0. The molecule has 0 aromatic rings. The van der Waals surface area contributed by atoms with E-state index in [2.05, 4.69) is 20.8 Å². The molecule has 0 aromatic carbocycles. The zero-order chi connectivity index (χ0) is 25.0. The fourth-order valence-electron chi connectivity index (χ4n) is 5.38. The van der Waals surface area contributed by atoms with Crippen molar-refractivity contribution < 1.29 is 5.11 Å². The Labute approximate surface area is 217 Å². The van der Waals surface area contributed by atoms with Crippen LogP contribution in [0.2, 0.25) is 0 Å². The molecular weight excluding hydrogens is 412 g/mol. The van der Waals surface area contributed by atoms with E-state index in [9.17, 15) is 5.11 Å². The molecule has 1 nitrogen and oxygen atoms in total. The summed E-state index contributed by atoms with van der Waals surface area (Å²) in [5.41, 5.74) is 0. The Hall–Kier alpha value is -0.0400. The standard InChI is InChI=1S/C33H68O/c1-4-6-7-8-9-10-11-12-13-14-15-16-17-18-19-20-21-22-23-24-25-26-27-28-29-30-31-32(3)33(34)5-2/h32-34H,4-31H2,1-3H3. The smallest absolute Gasteiger partial charge is 0.0563 e. The monoisotopic (exact) mass is 481 g/mol. The first kappa shape index (κ1) is 34.0. The fraction of sp³-hybridized carbons (Fsp3) is 1.00. The lowest BCUT2D eigenvalue weighted by Gasteiger charge is -2.16. The summed E-state index contributed by atoms with van der Waals surface area (Å²) in [5, 5.41) is 9.82. The summed E-state index contributed by atoms with van der Waals surface area (Å²) in [5.74, 6) is 0.486. The Morgan fingerprint density at radius 3 is 0.853 bits per heavy atom. The van der Waals surface area contributed by atoms with Gasteiger partial charge < -0.3 is 5.11 Å². The molecule has 0 heterocycles. The van der Waals surface area contributed by atoms with Crippen LogP contribution in [-0.4, -0.2) is 11.2 Å². The van der Waals surface area contributed by atoms with Crippen molar-refractivity contribution in [3.63, 3.8) is 0 Å². The first-order valence-corrected chi connectivity index (χ1v) is 16.4. The summed E-state index contributed by atoms with van der Waals surface area (Å²) >= 11 is 0. The number of rotatable bonds is 29. The molecule has 0 aliphatic rings. The molecule has 0 aliphatic carbocycles. The lowest BCUT2D eigenvalue weighted by molar-refractivity contribution is 0.106. The van der Waals surface area contributed by atoms with Gasteiger partial charge >= 0.3 is 0 Å². The van der Waals surface area contributed by atoms with Crippen molar-refractivity contribution in [2.75, 3.05) is 0 Å². The molecule has 2 unspecified atom stereocenters. The van der Waals surface area contributed by atoms with Crippen molar-refractivity contribution >= 4 is 0 Å². The van der Waals surface area contributed by atoms with Gasteiger partial charge in [0.15, 0.2) is 0 Å². The third kappa shape index (κ3) is 26.6. The Kier molecular flexibility index (Phi) is 29.2. The zero-order valence-electron chi connectivity index (χ0n) is 24.4. The van der Waals surface area contributed by atoms with E-state index in [4.69, 9.17) is 0 Å². The molecule has 0 radical (unpaired) electrons. The molecule has 0 saturated heterocycles. The van der Waals surface area contributed by atoms with Crippen LogP contribution >= 0.6 is 0 Å². The highest BCUT2D eigenvalue weighted by Crippen LogP contribution is 2.18. The molecule has 0 saturated carbocycles. The van der Waals surface area contributed by atoms with E-state index in [1.54, 1.807) is 0 Å². The second-order valence-electron chi connectivity index (χ2n) is 11.6. The van der Waals surface area contributed by atoms with Gasteiger partial charge in [0.05, 0.1) is 6.10 Å². The van der Waals surface area contributed by atoms with Gasteiger partial charge in [-0.05, 0) is 18.8 Å². The number of aliphatic hydroxyl groups is 1. The van der Waals surface area contributed by atoms with Crippen molar-refractivity contribution in [1.82, 2.24) is 0 Å². The Balaban J connectivity index is 3.07. The Morgan fingerprint density at radius 2 is 0.618 bits per heavy atom. The highest BCUT2D eigenvalue weighted by Gasteiger charge is 2.10. The van der Waals surface area contributed by atoms with Crippen LogP contribution in [0, 0.1) is 5.92 Å². The van der Waals surface area contributed by atoms with E-state index in [1.165, 1.54) is 173 Å². The molecule has 0 rings (SSSR count). The molecule has 0 fully saturated rings. The minimum Gasteiger partial charge on any atom is -0.393 e. The average Bonchev–Trinajstić information content (AvgIpc) is 2.85. The topological polar surface area (TPSA) is 20.2 Å². The zero-order valence-corrected chi connectivity index (χ0v) is 24.4. The van der Waals surface area contributed by atoms with Gasteiger partial charge in [0.2, 0.25) is 0 Å². The van der Waals surface area contributed by atoms with Crippen molar-refractivity contribution in [3.05, 3.63) is 0 Å². The third-order valence-electron chi connectivity index (χ3n) is 8.09. The van der Waals surface area contributed by atoms with E-state index in [-0.39, 0.29) is 6.10 Å². The summed E-state index contributed by atoms with van der Waals surface area (Å²) < 4.78 is 0. The SMILES string of the molecule is CCCCCCCCCCCCCCCCCCCCCCCCCCCCC(C)C(O)CC. The van der Waals surface area contributed by atoms with Crippen LogP contribution in [0.3, 0.4) is 0 Å². The van der Waals surface area contributed by atoms with Gasteiger partial charge in [-0.1, -0.05) is 188 Å². The van der Waals surface area contributed by atoms with Crippen LogP contribution in [0.15, 0.2) is 0 Å². The molecule has 0 aliphatic heterocycles. The highest BCUT2D eigenvalue weighted by molar-refractivity contribution is 4.62. The quantitative estimate of drug-likeness (QED) is 0.105. The Morgan fingerprint density at radius 1 is 0.382 bits per heavy atom. The number of hydrogen-bond donors (Lipinski definition) is 1. The second kappa shape index (κ2) is 29.2. The van der Waals surface area contributed by atoms with Crippen LogP contribution in [0.4, 0.5) is 0 Å². The van der Waals surface area contributed by atoms with Gasteiger partial charge in [0, 0.05) is 0 Å². The maximum Gasteiger partial charge on any atom is 0.0563 e. The van der Waals surface area contributed by atoms with E-state index < -0.39 is 0 Å². The minimum atomic E-state index is -0.0841. The third-order valence-corrected chi connectivity index (χ3v) is 8.09. The van der Waals surface area contributed by atoms with E-state index in [1.807, 2.05) is 0 Å².